The molecule has 0 radical (unpaired) electrons. The van der Waals surface area contributed by atoms with E-state index in [2.05, 4.69) is 8.37 Å². The molecule has 0 aliphatic rings. The lowest BCUT2D eigenvalue weighted by atomic mass is 10.5. The van der Waals surface area contributed by atoms with Crippen LogP contribution < -0.4 is 0 Å². The molecule has 20 heavy (non-hydrogen) atoms. The predicted octanol–water partition coefficient (Wildman–Crippen LogP) is -0.993. The lowest BCUT2D eigenvalue weighted by Crippen LogP contribution is -2.37. The zero-order valence-electron chi connectivity index (χ0n) is 13.0. The molecule has 0 fully saturated rings. The highest BCUT2D eigenvalue weighted by atomic mass is 32.2. The SMILES string of the molecule is C[N+](C)(C)CCOS(=O)[O-].C[N+](C)(C)CCOS(=O)[O-]. The van der Waals surface area contributed by atoms with Crippen LogP contribution in [-0.2, 0) is 31.1 Å². The topological polar surface area (TPSA) is 98.7 Å². The van der Waals surface area contributed by atoms with Gasteiger partial charge >= 0.3 is 0 Å². The predicted molar refractivity (Wildman–Crippen MR) is 75.5 cm³/mol. The summed E-state index contributed by atoms with van der Waals surface area (Å²) in [6.45, 7) is 1.88. The first-order valence-electron chi connectivity index (χ1n) is 5.89. The Bertz CT molecular complexity index is 271. The van der Waals surface area contributed by atoms with Crippen molar-refractivity contribution in [1.82, 2.24) is 0 Å². The highest BCUT2D eigenvalue weighted by molar-refractivity contribution is 7.74. The third-order valence-electron chi connectivity index (χ3n) is 1.88. The van der Waals surface area contributed by atoms with Gasteiger partial charge in [0.1, 0.15) is 26.3 Å². The fraction of sp³-hybridized carbons (Fsp3) is 1.00. The van der Waals surface area contributed by atoms with Crippen molar-refractivity contribution in [3.05, 3.63) is 0 Å². The first-order chi connectivity index (χ1) is 8.83. The number of hydrogen-bond acceptors (Lipinski definition) is 6. The van der Waals surface area contributed by atoms with Crippen molar-refractivity contribution in [1.29, 1.82) is 0 Å². The number of likely N-dealkylation sites (N-methyl/N-ethyl adjacent to an activating group) is 2. The lowest BCUT2D eigenvalue weighted by Gasteiger charge is -2.23. The largest absolute Gasteiger partial charge is 0.750 e. The van der Waals surface area contributed by atoms with E-state index in [1.165, 1.54) is 0 Å². The maximum atomic E-state index is 9.86. The van der Waals surface area contributed by atoms with Crippen molar-refractivity contribution in [3.8, 4) is 0 Å². The Hall–Kier alpha value is 0.0600. The Balaban J connectivity index is 0. The first kappa shape index (κ1) is 22.3. The minimum absolute atomic E-state index is 0.250. The van der Waals surface area contributed by atoms with Crippen LogP contribution in [0.4, 0.5) is 0 Å². The molecule has 2 atom stereocenters. The molecule has 0 aromatic heterocycles. The van der Waals surface area contributed by atoms with Crippen LogP contribution in [0.25, 0.3) is 0 Å². The minimum Gasteiger partial charge on any atom is -0.750 e. The monoisotopic (exact) mass is 334 g/mol. The van der Waals surface area contributed by atoms with E-state index in [4.69, 9.17) is 0 Å². The van der Waals surface area contributed by atoms with Gasteiger partial charge in [-0.25, -0.2) is 8.42 Å². The average Bonchev–Trinajstić information content (AvgIpc) is 2.12. The summed E-state index contributed by atoms with van der Waals surface area (Å²) in [5, 5.41) is 0. The van der Waals surface area contributed by atoms with Gasteiger partial charge in [-0.15, -0.1) is 0 Å². The smallest absolute Gasteiger partial charge is 0.112 e. The van der Waals surface area contributed by atoms with Gasteiger partial charge < -0.3 is 18.1 Å². The molecule has 0 aliphatic carbocycles. The van der Waals surface area contributed by atoms with Crippen molar-refractivity contribution < 1.29 is 34.9 Å². The second-order valence-corrected chi connectivity index (χ2v) is 7.37. The second kappa shape index (κ2) is 10.7. The summed E-state index contributed by atoms with van der Waals surface area (Å²) in [6, 6.07) is 0. The average molecular weight is 334 g/mol. The molecule has 0 bridgehead atoms. The highest BCUT2D eigenvalue weighted by Gasteiger charge is 2.05. The summed E-state index contributed by atoms with van der Waals surface area (Å²) in [4.78, 5) is 0. The Morgan fingerprint density at radius 2 is 1.00 bits per heavy atom. The molecule has 8 nitrogen and oxygen atoms in total. The van der Waals surface area contributed by atoms with Crippen LogP contribution in [0.2, 0.25) is 0 Å². The van der Waals surface area contributed by atoms with E-state index < -0.39 is 22.7 Å². The molecular formula is C10H26N2O6S2. The Kier molecular flexibility index (Phi) is 12.0. The van der Waals surface area contributed by atoms with Crippen molar-refractivity contribution in [2.45, 2.75) is 0 Å². The third kappa shape index (κ3) is 26.6. The maximum absolute atomic E-state index is 9.86. The van der Waals surface area contributed by atoms with E-state index in [1.807, 2.05) is 42.3 Å². The molecule has 0 spiro atoms. The van der Waals surface area contributed by atoms with Crippen molar-refractivity contribution in [2.24, 2.45) is 0 Å². The number of quaternary nitrogens is 2. The Morgan fingerprint density at radius 1 is 0.750 bits per heavy atom. The zero-order valence-corrected chi connectivity index (χ0v) is 14.6. The molecule has 124 valence electrons. The van der Waals surface area contributed by atoms with E-state index in [9.17, 15) is 17.5 Å². The minimum atomic E-state index is -2.36. The normalized spacial score (nSPS) is 15.2. The summed E-state index contributed by atoms with van der Waals surface area (Å²) in [6.07, 6.45) is 0. The molecule has 0 rings (SSSR count). The molecule has 2 unspecified atom stereocenters. The molecule has 0 saturated heterocycles. The van der Waals surface area contributed by atoms with Crippen LogP contribution in [0.1, 0.15) is 0 Å². The quantitative estimate of drug-likeness (QED) is 0.417. The summed E-state index contributed by atoms with van der Waals surface area (Å²) >= 11 is -4.72. The van der Waals surface area contributed by atoms with Crippen LogP contribution in [-0.4, -0.2) is 95.1 Å². The summed E-state index contributed by atoms with van der Waals surface area (Å²) in [7, 11) is 11.8. The second-order valence-electron chi connectivity index (χ2n) is 6.08. The van der Waals surface area contributed by atoms with Crippen LogP contribution in [0, 0.1) is 0 Å². The molecule has 0 heterocycles. The van der Waals surface area contributed by atoms with Gasteiger partial charge in [0, 0.05) is 0 Å². The summed E-state index contributed by atoms with van der Waals surface area (Å²) in [5.74, 6) is 0. The van der Waals surface area contributed by atoms with Crippen LogP contribution in [0.3, 0.4) is 0 Å². The summed E-state index contributed by atoms with van der Waals surface area (Å²) in [5.41, 5.74) is 0. The molecule has 0 amide bonds. The van der Waals surface area contributed by atoms with Crippen LogP contribution in [0.15, 0.2) is 0 Å². The maximum Gasteiger partial charge on any atom is 0.112 e. The highest BCUT2D eigenvalue weighted by Crippen LogP contribution is 1.90. The van der Waals surface area contributed by atoms with E-state index in [0.29, 0.717) is 22.1 Å². The fourth-order valence-electron chi connectivity index (χ4n) is 0.758. The zero-order chi connectivity index (χ0) is 16.4. The summed E-state index contributed by atoms with van der Waals surface area (Å²) < 4.78 is 49.5. The van der Waals surface area contributed by atoms with Gasteiger partial charge in [0.05, 0.1) is 65.0 Å². The van der Waals surface area contributed by atoms with Gasteiger partial charge in [-0.2, -0.15) is 0 Å². The number of rotatable bonds is 8. The molecule has 0 N–H and O–H groups in total. The van der Waals surface area contributed by atoms with Gasteiger partial charge in [0.2, 0.25) is 0 Å². The van der Waals surface area contributed by atoms with E-state index in [-0.39, 0.29) is 13.2 Å². The molecular weight excluding hydrogens is 308 g/mol. The fourth-order valence-corrected chi connectivity index (χ4v) is 1.18. The van der Waals surface area contributed by atoms with E-state index >= 15 is 0 Å². The van der Waals surface area contributed by atoms with Gasteiger partial charge in [-0.1, -0.05) is 0 Å². The van der Waals surface area contributed by atoms with Crippen molar-refractivity contribution in [2.75, 3.05) is 68.6 Å². The third-order valence-corrected chi connectivity index (χ3v) is 2.60. The molecule has 10 heteroatoms. The van der Waals surface area contributed by atoms with Crippen LogP contribution in [0.5, 0.6) is 0 Å². The number of hydrogen-bond donors (Lipinski definition) is 0. The molecule has 0 aliphatic heterocycles. The van der Waals surface area contributed by atoms with Gasteiger partial charge in [-0.3, -0.25) is 8.37 Å². The Morgan fingerprint density at radius 3 is 1.15 bits per heavy atom. The Labute approximate surface area is 126 Å². The van der Waals surface area contributed by atoms with Crippen LogP contribution >= 0.6 is 0 Å². The van der Waals surface area contributed by atoms with E-state index in [1.54, 1.807) is 0 Å². The van der Waals surface area contributed by atoms with Gasteiger partial charge in [0.15, 0.2) is 0 Å². The molecule has 0 aromatic rings. The molecule has 0 aromatic carbocycles. The van der Waals surface area contributed by atoms with Gasteiger partial charge in [-0.05, 0) is 0 Å². The van der Waals surface area contributed by atoms with Gasteiger partial charge in [0.25, 0.3) is 0 Å². The lowest BCUT2D eigenvalue weighted by molar-refractivity contribution is -0.870. The standard InChI is InChI=1S/2C5H13NO3S/c2*1-6(2,3)4-5-9-10(7)8/h2*4-5H2,1-3H3. The number of nitrogens with zero attached hydrogens (tertiary/aromatic N) is 2. The van der Waals surface area contributed by atoms with Crippen molar-refractivity contribution >= 4 is 22.7 Å². The molecule has 0 saturated carbocycles. The van der Waals surface area contributed by atoms with Crippen molar-refractivity contribution in [3.63, 3.8) is 0 Å². The first-order valence-corrected chi connectivity index (χ1v) is 7.89. The van der Waals surface area contributed by atoms with E-state index in [0.717, 1.165) is 0 Å².